The van der Waals surface area contributed by atoms with Crippen LogP contribution in [0, 0.1) is 11.2 Å². The van der Waals surface area contributed by atoms with Gasteiger partial charge in [0.2, 0.25) is 5.90 Å². The smallest absolute Gasteiger partial charge is 0.320 e. The molecule has 31 heavy (non-hydrogen) atoms. The van der Waals surface area contributed by atoms with E-state index in [0.29, 0.717) is 5.56 Å². The van der Waals surface area contributed by atoms with Gasteiger partial charge in [0.15, 0.2) is 0 Å². The van der Waals surface area contributed by atoms with E-state index in [1.807, 2.05) is 13.8 Å². The Hall–Kier alpha value is -3.24. The summed E-state index contributed by atoms with van der Waals surface area (Å²) < 4.78 is 18.2. The first-order valence-corrected chi connectivity index (χ1v) is 9.89. The van der Waals surface area contributed by atoms with Crippen molar-refractivity contribution in [1.29, 1.82) is 5.41 Å². The van der Waals surface area contributed by atoms with Gasteiger partial charge in [-0.15, -0.1) is 0 Å². The van der Waals surface area contributed by atoms with E-state index in [1.54, 1.807) is 6.92 Å². The lowest BCUT2D eigenvalue weighted by Crippen LogP contribution is -2.38. The predicted molar refractivity (Wildman–Crippen MR) is 117 cm³/mol. The second-order valence-corrected chi connectivity index (χ2v) is 6.21. The van der Waals surface area contributed by atoms with Gasteiger partial charge in [0.25, 0.3) is 0 Å². The van der Waals surface area contributed by atoms with Crippen molar-refractivity contribution < 1.29 is 24.1 Å². The number of carbonyl (C=O) groups is 1. The molecule has 1 heterocycles. The van der Waals surface area contributed by atoms with Gasteiger partial charge < -0.3 is 26.0 Å². The topological polar surface area (TPSA) is 154 Å². The number of aliphatic hydroxyl groups excluding tert-OH is 2. The van der Waals surface area contributed by atoms with Gasteiger partial charge in [-0.05, 0) is 31.5 Å². The number of anilines is 2. The Morgan fingerprint density at radius 1 is 1.32 bits per heavy atom. The molecule has 2 atom stereocenters. The Bertz CT molecular complexity index is 875. The summed E-state index contributed by atoms with van der Waals surface area (Å²) in [6, 6.07) is 5.22. The Kier molecular flexibility index (Phi) is 10.4. The second-order valence-electron chi connectivity index (χ2n) is 6.21. The van der Waals surface area contributed by atoms with E-state index in [0.717, 1.165) is 0 Å². The number of ether oxygens (including phenoxy) is 1. The molecule has 0 fully saturated rings. The molecule has 10 heteroatoms. The molecule has 2 amide bonds. The van der Waals surface area contributed by atoms with E-state index in [4.69, 9.17) is 15.9 Å². The predicted octanol–water partition coefficient (Wildman–Crippen LogP) is 2.93. The number of carbonyl (C=O) groups excluding carboxylic acids is 1. The average Bonchev–Trinajstić information content (AvgIpc) is 2.73. The maximum atomic E-state index is 13.1. The molecule has 0 saturated carbocycles. The number of amides is 2. The summed E-state index contributed by atoms with van der Waals surface area (Å²) in [4.78, 5) is 16.5. The maximum absolute atomic E-state index is 13.1. The van der Waals surface area contributed by atoms with Gasteiger partial charge >= 0.3 is 6.03 Å². The Morgan fingerprint density at radius 2 is 1.94 bits per heavy atom. The summed E-state index contributed by atoms with van der Waals surface area (Å²) in [7, 11) is 0. The summed E-state index contributed by atoms with van der Waals surface area (Å²) in [5.41, 5.74) is 6.78. The van der Waals surface area contributed by atoms with E-state index in [2.05, 4.69) is 15.6 Å². The van der Waals surface area contributed by atoms with Crippen molar-refractivity contribution in [3.8, 4) is 0 Å². The van der Waals surface area contributed by atoms with Gasteiger partial charge in [0, 0.05) is 11.8 Å². The van der Waals surface area contributed by atoms with Gasteiger partial charge in [0.1, 0.15) is 11.6 Å². The number of aromatic nitrogens is 1. The molecule has 1 aromatic heterocycles. The van der Waals surface area contributed by atoms with Crippen LogP contribution in [0.2, 0.25) is 0 Å². The highest BCUT2D eigenvalue weighted by Crippen LogP contribution is 2.22. The summed E-state index contributed by atoms with van der Waals surface area (Å²) in [5.74, 6) is -0.625. The molecular formula is C21H30FN5O4. The molecule has 0 aliphatic carbocycles. The largest absolute Gasteiger partial charge is 0.478 e. The van der Waals surface area contributed by atoms with Crippen LogP contribution in [0.25, 0.3) is 0 Å². The van der Waals surface area contributed by atoms with Crippen LogP contribution in [0.5, 0.6) is 0 Å². The number of rotatable bonds is 7. The summed E-state index contributed by atoms with van der Waals surface area (Å²) >= 11 is 0. The zero-order valence-corrected chi connectivity index (χ0v) is 18.1. The molecule has 0 aliphatic rings. The number of nitrogens with zero attached hydrogens (tertiary/aromatic N) is 1. The molecule has 9 nitrogen and oxygen atoms in total. The number of nitrogen functional groups attached to an aromatic ring is 1. The fourth-order valence-corrected chi connectivity index (χ4v) is 2.72. The van der Waals surface area contributed by atoms with E-state index in [9.17, 15) is 19.4 Å². The van der Waals surface area contributed by atoms with Crippen LogP contribution >= 0.6 is 0 Å². The lowest BCUT2D eigenvalue weighted by Gasteiger charge is -2.22. The molecule has 0 spiro atoms. The minimum absolute atomic E-state index is 0.0422. The third-order valence-electron chi connectivity index (χ3n) is 4.03. The number of nitrogens with two attached hydrogens (primary N) is 1. The number of benzene rings is 1. The van der Waals surface area contributed by atoms with E-state index in [-0.39, 0.29) is 35.3 Å². The molecule has 0 saturated heterocycles. The van der Waals surface area contributed by atoms with Crippen molar-refractivity contribution in [3.63, 3.8) is 0 Å². The fourth-order valence-electron chi connectivity index (χ4n) is 2.72. The zero-order chi connectivity index (χ0) is 23.6. The summed E-state index contributed by atoms with van der Waals surface area (Å²) in [6.45, 7) is 6.92. The minimum atomic E-state index is -0.953. The normalized spacial score (nSPS) is 12.1. The van der Waals surface area contributed by atoms with Crippen LogP contribution in [0.4, 0.5) is 20.7 Å². The van der Waals surface area contributed by atoms with Gasteiger partial charge in [-0.2, -0.15) is 0 Å². The Labute approximate surface area is 181 Å². The SMILES string of the molecule is CC.CCOC(=N)c1c(N)cc(NC(=O)NC(c2ccc(F)cc2)C(C)O)nc1CO. The molecular weight excluding hydrogens is 405 g/mol. The van der Waals surface area contributed by atoms with E-state index >= 15 is 0 Å². The first-order chi connectivity index (χ1) is 14.8. The number of hydrogen-bond acceptors (Lipinski definition) is 7. The number of aliphatic hydroxyl groups is 2. The molecule has 2 unspecified atom stereocenters. The second kappa shape index (κ2) is 12.5. The maximum Gasteiger partial charge on any atom is 0.320 e. The highest BCUT2D eigenvalue weighted by atomic mass is 19.1. The third-order valence-corrected chi connectivity index (χ3v) is 4.03. The van der Waals surface area contributed by atoms with Crippen LogP contribution in [0.15, 0.2) is 30.3 Å². The highest BCUT2D eigenvalue weighted by Gasteiger charge is 2.21. The molecule has 1 aromatic carbocycles. The van der Waals surface area contributed by atoms with E-state index < -0.39 is 30.6 Å². The molecule has 2 rings (SSSR count). The van der Waals surface area contributed by atoms with E-state index in [1.165, 1.54) is 37.3 Å². The number of halogens is 1. The first kappa shape index (κ1) is 25.8. The number of nitrogens with one attached hydrogen (secondary N) is 3. The standard InChI is InChI=1S/C19H24FN5O4.C2H6/c1-3-29-18(22)16-13(21)8-15(23-14(16)9-26)24-19(28)25-17(10(2)27)11-4-6-12(20)7-5-11;1-2/h4-8,10,17,22,26-27H,3,9H2,1-2H3,(H4,21,23,24,25,28);1-2H3. The lowest BCUT2D eigenvalue weighted by atomic mass is 10.0. The van der Waals surface area contributed by atoms with Crippen LogP contribution in [-0.2, 0) is 11.3 Å². The average molecular weight is 436 g/mol. The van der Waals surface area contributed by atoms with Gasteiger partial charge in [-0.1, -0.05) is 26.0 Å². The van der Waals surface area contributed by atoms with Crippen LogP contribution in [0.3, 0.4) is 0 Å². The summed E-state index contributed by atoms with van der Waals surface area (Å²) in [6.07, 6.45) is -0.953. The quantitative estimate of drug-likeness (QED) is 0.290. The number of hydrogen-bond donors (Lipinski definition) is 6. The number of pyridine rings is 1. The van der Waals surface area contributed by atoms with Crippen molar-refractivity contribution in [3.05, 3.63) is 53.0 Å². The molecule has 170 valence electrons. The van der Waals surface area contributed by atoms with Gasteiger partial charge in [0.05, 0.1) is 36.6 Å². The number of urea groups is 1. The van der Waals surface area contributed by atoms with Crippen LogP contribution < -0.4 is 16.4 Å². The Balaban J connectivity index is 0.00000233. The molecule has 2 aromatic rings. The molecule has 7 N–H and O–H groups in total. The lowest BCUT2D eigenvalue weighted by molar-refractivity contribution is 0.148. The molecule has 0 aliphatic heterocycles. The minimum Gasteiger partial charge on any atom is -0.478 e. The van der Waals surface area contributed by atoms with Crippen molar-refractivity contribution in [2.24, 2.45) is 0 Å². The van der Waals surface area contributed by atoms with Crippen LogP contribution in [0.1, 0.15) is 50.6 Å². The molecule has 0 bridgehead atoms. The first-order valence-electron chi connectivity index (χ1n) is 9.89. The van der Waals surface area contributed by atoms with Crippen molar-refractivity contribution in [1.82, 2.24) is 10.3 Å². The summed E-state index contributed by atoms with van der Waals surface area (Å²) in [5, 5.41) is 32.5. The van der Waals surface area contributed by atoms with Crippen molar-refractivity contribution in [2.75, 3.05) is 17.7 Å². The van der Waals surface area contributed by atoms with Crippen molar-refractivity contribution >= 4 is 23.4 Å². The monoisotopic (exact) mass is 435 g/mol. The van der Waals surface area contributed by atoms with Gasteiger partial charge in [-0.3, -0.25) is 10.7 Å². The Morgan fingerprint density at radius 3 is 2.45 bits per heavy atom. The zero-order valence-electron chi connectivity index (χ0n) is 18.1. The fraction of sp³-hybridized carbons (Fsp3) is 0.381. The molecule has 0 radical (unpaired) electrons. The third kappa shape index (κ3) is 7.19. The van der Waals surface area contributed by atoms with Gasteiger partial charge in [-0.25, -0.2) is 14.2 Å². The highest BCUT2D eigenvalue weighted by molar-refractivity contribution is 5.99. The van der Waals surface area contributed by atoms with Crippen LogP contribution in [-0.4, -0.2) is 39.8 Å². The van der Waals surface area contributed by atoms with Crippen molar-refractivity contribution in [2.45, 2.75) is 46.4 Å².